The molecular formula is C23H31N5O4. The van der Waals surface area contributed by atoms with Crippen molar-refractivity contribution >= 4 is 28.6 Å². The van der Waals surface area contributed by atoms with Crippen molar-refractivity contribution < 1.29 is 19.5 Å². The molecule has 9 heteroatoms. The number of hydrogen-bond donors (Lipinski definition) is 3. The van der Waals surface area contributed by atoms with E-state index in [-0.39, 0.29) is 48.2 Å². The molecule has 1 unspecified atom stereocenters. The van der Waals surface area contributed by atoms with Gasteiger partial charge in [-0.05, 0) is 36.7 Å². The zero-order chi connectivity index (χ0) is 23.2. The molecular weight excluding hydrogens is 410 g/mol. The molecule has 1 aliphatic carbocycles. The summed E-state index contributed by atoms with van der Waals surface area (Å²) >= 11 is 0. The minimum absolute atomic E-state index is 0.0483. The van der Waals surface area contributed by atoms with Gasteiger partial charge >= 0.3 is 0 Å². The second-order valence-electron chi connectivity index (χ2n) is 10.2. The van der Waals surface area contributed by atoms with Gasteiger partial charge < -0.3 is 21.1 Å². The number of aliphatic hydroxyl groups excluding tert-OH is 1. The molecule has 2 heterocycles. The summed E-state index contributed by atoms with van der Waals surface area (Å²) < 4.78 is 1.48. The van der Waals surface area contributed by atoms with Crippen LogP contribution in [0.5, 0.6) is 0 Å². The quantitative estimate of drug-likeness (QED) is 0.591. The van der Waals surface area contributed by atoms with Crippen LogP contribution in [0.15, 0.2) is 24.3 Å². The maximum Gasteiger partial charge on any atom is 0.269 e. The molecule has 2 aromatic rings. The summed E-state index contributed by atoms with van der Waals surface area (Å²) in [4.78, 5) is 39.8. The first-order chi connectivity index (χ1) is 15.1. The van der Waals surface area contributed by atoms with E-state index in [1.165, 1.54) is 4.68 Å². The smallest absolute Gasteiger partial charge is 0.269 e. The summed E-state index contributed by atoms with van der Waals surface area (Å²) in [6.45, 7) is 5.93. The van der Waals surface area contributed by atoms with Crippen molar-refractivity contribution in [2.45, 2.75) is 64.7 Å². The predicted molar refractivity (Wildman–Crippen MR) is 118 cm³/mol. The summed E-state index contributed by atoms with van der Waals surface area (Å²) in [7, 11) is 0. The number of carbonyl (C=O) groups excluding carboxylic acids is 3. The van der Waals surface area contributed by atoms with Crippen molar-refractivity contribution in [1.29, 1.82) is 0 Å². The maximum atomic E-state index is 13.3. The molecule has 9 nitrogen and oxygen atoms in total. The molecule has 1 saturated carbocycles. The number of amides is 3. The molecule has 4 N–H and O–H groups in total. The lowest BCUT2D eigenvalue weighted by Gasteiger charge is -2.30. The zero-order valence-corrected chi connectivity index (χ0v) is 18.7. The Labute approximate surface area is 186 Å². The molecule has 2 aliphatic rings. The Hall–Kier alpha value is -2.94. The highest BCUT2D eigenvalue weighted by atomic mass is 16.3. The van der Waals surface area contributed by atoms with E-state index in [1.54, 1.807) is 23.1 Å². The van der Waals surface area contributed by atoms with Gasteiger partial charge in [0, 0.05) is 11.4 Å². The zero-order valence-electron chi connectivity index (χ0n) is 18.7. The van der Waals surface area contributed by atoms with E-state index in [2.05, 4.69) is 31.2 Å². The standard InChI is InChI=1S/C23H31N5O4/c1-23(2,3)10-14(12-29)25-22(32)18-9-13-8-17(13)28(18)19(30)11-27-16-7-5-4-6-15(16)20(26-27)21(24)31/h4-7,13-14,17-18,29H,8-12H2,1-3H3,(H2,24,31)(H,25,32)/t13-,14-,17?,18+/m1/s1. The van der Waals surface area contributed by atoms with Crippen LogP contribution in [0, 0.1) is 11.3 Å². The third kappa shape index (κ3) is 4.34. The fraction of sp³-hybridized carbons (Fsp3) is 0.565. The minimum Gasteiger partial charge on any atom is -0.394 e. The highest BCUT2D eigenvalue weighted by Gasteiger charge is 2.56. The number of benzene rings is 1. The molecule has 4 atom stereocenters. The van der Waals surface area contributed by atoms with Crippen molar-refractivity contribution in [1.82, 2.24) is 20.0 Å². The number of nitrogens with two attached hydrogens (primary N) is 1. The molecule has 4 rings (SSSR count). The number of carbonyl (C=O) groups is 3. The molecule has 1 aromatic heterocycles. The molecule has 2 fully saturated rings. The molecule has 1 saturated heterocycles. The van der Waals surface area contributed by atoms with Crippen LogP contribution in [-0.2, 0) is 16.1 Å². The molecule has 0 spiro atoms. The van der Waals surface area contributed by atoms with Crippen molar-refractivity contribution in [2.75, 3.05) is 6.61 Å². The number of nitrogens with one attached hydrogen (secondary N) is 1. The molecule has 0 radical (unpaired) electrons. The van der Waals surface area contributed by atoms with E-state index in [0.717, 1.165) is 6.42 Å². The van der Waals surface area contributed by atoms with E-state index in [9.17, 15) is 19.5 Å². The van der Waals surface area contributed by atoms with Gasteiger partial charge in [0.1, 0.15) is 12.6 Å². The maximum absolute atomic E-state index is 13.3. The summed E-state index contributed by atoms with van der Waals surface area (Å²) in [6, 6.07) is 6.27. The van der Waals surface area contributed by atoms with Crippen molar-refractivity contribution in [2.24, 2.45) is 17.1 Å². The SMILES string of the molecule is CC(C)(C)C[C@H](CO)NC(=O)[C@@H]1C[C@H]2CC2N1C(=O)Cn1nc(C(N)=O)c2ccccc21. The van der Waals surface area contributed by atoms with Crippen LogP contribution in [0.3, 0.4) is 0 Å². The van der Waals surface area contributed by atoms with Crippen molar-refractivity contribution in [3.8, 4) is 0 Å². The van der Waals surface area contributed by atoms with E-state index >= 15 is 0 Å². The summed E-state index contributed by atoms with van der Waals surface area (Å²) in [5.74, 6) is -0.754. The van der Waals surface area contributed by atoms with Crippen LogP contribution in [-0.4, -0.2) is 62.2 Å². The number of likely N-dealkylation sites (tertiary alicyclic amines) is 1. The van der Waals surface area contributed by atoms with Crippen LogP contribution >= 0.6 is 0 Å². The highest BCUT2D eigenvalue weighted by molar-refractivity contribution is 6.04. The van der Waals surface area contributed by atoms with E-state index in [1.807, 2.05) is 6.07 Å². The van der Waals surface area contributed by atoms with Gasteiger partial charge in [-0.15, -0.1) is 0 Å². The third-order valence-electron chi connectivity index (χ3n) is 6.30. The summed E-state index contributed by atoms with van der Waals surface area (Å²) in [5.41, 5.74) is 6.18. The Morgan fingerprint density at radius 1 is 1.25 bits per heavy atom. The van der Waals surface area contributed by atoms with Gasteiger partial charge in [0.25, 0.3) is 5.91 Å². The predicted octanol–water partition coefficient (Wildman–Crippen LogP) is 1.04. The van der Waals surface area contributed by atoms with Gasteiger partial charge in [-0.2, -0.15) is 5.10 Å². The Morgan fingerprint density at radius 3 is 2.62 bits per heavy atom. The molecule has 3 amide bonds. The van der Waals surface area contributed by atoms with Crippen LogP contribution in [0.1, 0.15) is 50.5 Å². The lowest BCUT2D eigenvalue weighted by Crippen LogP contribution is -2.52. The number of nitrogens with zero attached hydrogens (tertiary/aromatic N) is 3. The highest BCUT2D eigenvalue weighted by Crippen LogP contribution is 2.48. The van der Waals surface area contributed by atoms with Crippen LogP contribution in [0.2, 0.25) is 0 Å². The Balaban J connectivity index is 1.51. The topological polar surface area (TPSA) is 131 Å². The Kier molecular flexibility index (Phi) is 5.70. The number of fused-ring (bicyclic) bond motifs is 2. The first kappa shape index (κ1) is 22.3. The number of rotatable bonds is 7. The second-order valence-corrected chi connectivity index (χ2v) is 10.2. The average Bonchev–Trinajstić information content (AvgIpc) is 3.22. The summed E-state index contributed by atoms with van der Waals surface area (Å²) in [6.07, 6.45) is 2.16. The molecule has 32 heavy (non-hydrogen) atoms. The van der Waals surface area contributed by atoms with Gasteiger partial charge in [-0.25, -0.2) is 0 Å². The van der Waals surface area contributed by atoms with Crippen molar-refractivity contribution in [3.63, 3.8) is 0 Å². The van der Waals surface area contributed by atoms with Gasteiger partial charge in [0.2, 0.25) is 11.8 Å². The number of para-hydroxylation sites is 1. The summed E-state index contributed by atoms with van der Waals surface area (Å²) in [5, 5.41) is 17.5. The lowest BCUT2D eigenvalue weighted by molar-refractivity contribution is -0.140. The number of piperidine rings is 1. The number of primary amides is 1. The Morgan fingerprint density at radius 2 is 1.97 bits per heavy atom. The average molecular weight is 442 g/mol. The first-order valence-corrected chi connectivity index (χ1v) is 11.1. The minimum atomic E-state index is -0.651. The van der Waals surface area contributed by atoms with E-state index < -0.39 is 11.9 Å². The van der Waals surface area contributed by atoms with Gasteiger partial charge in [-0.3, -0.25) is 19.1 Å². The monoisotopic (exact) mass is 441 g/mol. The Bertz CT molecular complexity index is 1060. The van der Waals surface area contributed by atoms with Crippen LogP contribution in [0.4, 0.5) is 0 Å². The van der Waals surface area contributed by atoms with E-state index in [0.29, 0.717) is 29.7 Å². The largest absolute Gasteiger partial charge is 0.394 e. The number of aliphatic hydroxyl groups is 1. The van der Waals surface area contributed by atoms with Gasteiger partial charge in [0.05, 0.1) is 18.2 Å². The molecule has 1 aliphatic heterocycles. The lowest BCUT2D eigenvalue weighted by atomic mass is 9.88. The molecule has 0 bridgehead atoms. The molecule has 172 valence electrons. The van der Waals surface area contributed by atoms with Gasteiger partial charge in [-0.1, -0.05) is 39.0 Å². The second kappa shape index (κ2) is 8.20. The van der Waals surface area contributed by atoms with E-state index in [4.69, 9.17) is 5.73 Å². The third-order valence-corrected chi connectivity index (χ3v) is 6.30. The normalized spacial score (nSPS) is 23.1. The fourth-order valence-corrected chi connectivity index (χ4v) is 4.89. The van der Waals surface area contributed by atoms with Crippen LogP contribution in [0.25, 0.3) is 10.9 Å². The van der Waals surface area contributed by atoms with Crippen LogP contribution < -0.4 is 11.1 Å². The van der Waals surface area contributed by atoms with Crippen molar-refractivity contribution in [3.05, 3.63) is 30.0 Å². The first-order valence-electron chi connectivity index (χ1n) is 11.1. The molecule has 1 aromatic carbocycles. The fourth-order valence-electron chi connectivity index (χ4n) is 4.89. The number of aromatic nitrogens is 2. The number of hydrogen-bond acceptors (Lipinski definition) is 5. The van der Waals surface area contributed by atoms with Gasteiger partial charge in [0.15, 0.2) is 5.69 Å².